The van der Waals surface area contributed by atoms with E-state index in [1.807, 2.05) is 56.3 Å². The van der Waals surface area contributed by atoms with Gasteiger partial charge in [-0.05, 0) is 75.8 Å². The standard InChI is InChI=1S/C37H39FO3SSi/c1-26-21-27(2)33(34(22-26)29-17-18-35(38)28(3)23-29)19-20-42-25-30(24-36(39)40)41-43(37(4,5)6,31-13-9-7-10-14-31)32-15-11-8-12-16-32/h7-18,21-23,30H,24-25H2,1-6H3,(H,39,40). The fourth-order valence-electron chi connectivity index (χ4n) is 5.67. The highest BCUT2D eigenvalue weighted by atomic mass is 32.2. The summed E-state index contributed by atoms with van der Waals surface area (Å²) in [7, 11) is -2.94. The van der Waals surface area contributed by atoms with Crippen LogP contribution in [0.15, 0.2) is 91.0 Å². The van der Waals surface area contributed by atoms with Crippen LogP contribution in [-0.2, 0) is 9.22 Å². The van der Waals surface area contributed by atoms with Crippen LogP contribution in [-0.4, -0.2) is 31.3 Å². The van der Waals surface area contributed by atoms with Crippen LogP contribution >= 0.6 is 11.8 Å². The van der Waals surface area contributed by atoms with Crippen LogP contribution in [0, 0.1) is 37.8 Å². The first kappa shape index (κ1) is 32.3. The topological polar surface area (TPSA) is 46.5 Å². The Balaban J connectivity index is 1.69. The zero-order valence-electron chi connectivity index (χ0n) is 25.7. The SMILES string of the molecule is Cc1cc(C)c(C#CSCC(CC(=O)O)O[Si](c2ccccc2)(c2ccccc2)C(C)(C)C)c(-c2ccc(F)c(C)c2)c1. The molecule has 6 heteroatoms. The van der Waals surface area contributed by atoms with Crippen molar-refractivity contribution in [1.82, 2.24) is 0 Å². The summed E-state index contributed by atoms with van der Waals surface area (Å²) in [6.45, 7) is 12.4. The minimum absolute atomic E-state index is 0.122. The Labute approximate surface area is 260 Å². The summed E-state index contributed by atoms with van der Waals surface area (Å²) in [4.78, 5) is 12.1. The van der Waals surface area contributed by atoms with Gasteiger partial charge in [-0.15, -0.1) is 0 Å². The summed E-state index contributed by atoms with van der Waals surface area (Å²) < 4.78 is 21.1. The lowest BCUT2D eigenvalue weighted by Gasteiger charge is -2.45. The van der Waals surface area contributed by atoms with Gasteiger partial charge < -0.3 is 9.53 Å². The number of carboxylic acid groups (broad SMARTS) is 1. The van der Waals surface area contributed by atoms with Crippen molar-refractivity contribution in [1.29, 1.82) is 0 Å². The number of aryl methyl sites for hydroxylation is 3. The maximum absolute atomic E-state index is 14.0. The molecule has 0 saturated carbocycles. The minimum atomic E-state index is -2.94. The molecule has 1 N–H and O–H groups in total. The number of hydrogen-bond donors (Lipinski definition) is 1. The summed E-state index contributed by atoms with van der Waals surface area (Å²) in [5.41, 5.74) is 5.48. The summed E-state index contributed by atoms with van der Waals surface area (Å²) in [5.74, 6) is 2.60. The summed E-state index contributed by atoms with van der Waals surface area (Å²) in [6, 6.07) is 29.8. The van der Waals surface area contributed by atoms with Crippen LogP contribution in [0.1, 0.15) is 49.4 Å². The Morgan fingerprint density at radius 3 is 2.05 bits per heavy atom. The maximum Gasteiger partial charge on any atom is 0.305 e. The second kappa shape index (κ2) is 13.8. The van der Waals surface area contributed by atoms with Crippen molar-refractivity contribution in [3.63, 3.8) is 0 Å². The van der Waals surface area contributed by atoms with E-state index in [-0.39, 0.29) is 17.3 Å². The van der Waals surface area contributed by atoms with E-state index in [4.69, 9.17) is 4.43 Å². The third kappa shape index (κ3) is 7.48. The summed E-state index contributed by atoms with van der Waals surface area (Å²) in [6.07, 6.45) is -0.676. The molecule has 4 aromatic carbocycles. The minimum Gasteiger partial charge on any atom is -0.481 e. The molecule has 0 fully saturated rings. The first-order valence-electron chi connectivity index (χ1n) is 14.4. The van der Waals surface area contributed by atoms with E-state index in [1.54, 1.807) is 13.0 Å². The molecule has 0 aromatic heterocycles. The number of carboxylic acids is 1. The van der Waals surface area contributed by atoms with Gasteiger partial charge in [-0.3, -0.25) is 4.79 Å². The lowest BCUT2D eigenvalue weighted by Crippen LogP contribution is -2.68. The van der Waals surface area contributed by atoms with E-state index in [2.05, 4.69) is 68.3 Å². The molecular formula is C37H39FO3SSi. The molecule has 4 rings (SSSR count). The van der Waals surface area contributed by atoms with Crippen molar-refractivity contribution < 1.29 is 18.7 Å². The molecule has 0 amide bonds. The van der Waals surface area contributed by atoms with E-state index >= 15 is 0 Å². The van der Waals surface area contributed by atoms with Crippen LogP contribution in [0.2, 0.25) is 5.04 Å². The fourth-order valence-corrected chi connectivity index (χ4v) is 11.1. The van der Waals surface area contributed by atoms with Gasteiger partial charge in [0.05, 0.1) is 12.5 Å². The molecule has 0 spiro atoms. The molecule has 0 aliphatic heterocycles. The molecule has 1 unspecified atom stereocenters. The molecule has 0 heterocycles. The molecule has 0 bridgehead atoms. The van der Waals surface area contributed by atoms with Crippen LogP contribution in [0.3, 0.4) is 0 Å². The lowest BCUT2D eigenvalue weighted by molar-refractivity contribution is -0.138. The highest BCUT2D eigenvalue weighted by molar-refractivity contribution is 8.03. The summed E-state index contributed by atoms with van der Waals surface area (Å²) in [5, 5.41) is 15.1. The van der Waals surface area contributed by atoms with E-state index in [9.17, 15) is 14.3 Å². The number of halogens is 1. The molecule has 0 aliphatic carbocycles. The number of thioether (sulfide) groups is 1. The first-order chi connectivity index (χ1) is 20.4. The van der Waals surface area contributed by atoms with Crippen LogP contribution < -0.4 is 10.4 Å². The van der Waals surface area contributed by atoms with Crippen molar-refractivity contribution in [3.05, 3.63) is 119 Å². The average molecular weight is 611 g/mol. The molecule has 3 nitrogen and oxygen atoms in total. The normalized spacial score (nSPS) is 12.3. The van der Waals surface area contributed by atoms with Crippen molar-refractivity contribution in [2.24, 2.45) is 0 Å². The van der Waals surface area contributed by atoms with Gasteiger partial charge in [0.25, 0.3) is 8.32 Å². The highest BCUT2D eigenvalue weighted by Gasteiger charge is 2.51. The fraction of sp³-hybridized carbons (Fsp3) is 0.270. The van der Waals surface area contributed by atoms with E-state index in [0.29, 0.717) is 11.3 Å². The van der Waals surface area contributed by atoms with Crippen LogP contribution in [0.5, 0.6) is 0 Å². The van der Waals surface area contributed by atoms with E-state index in [0.717, 1.165) is 38.2 Å². The number of rotatable bonds is 9. The number of carbonyl (C=O) groups is 1. The predicted octanol–water partition coefficient (Wildman–Crippen LogP) is 7.88. The van der Waals surface area contributed by atoms with Crippen molar-refractivity contribution >= 4 is 36.4 Å². The van der Waals surface area contributed by atoms with Gasteiger partial charge in [-0.1, -0.05) is 123 Å². The van der Waals surface area contributed by atoms with Crippen molar-refractivity contribution in [2.75, 3.05) is 5.75 Å². The van der Waals surface area contributed by atoms with Crippen molar-refractivity contribution in [2.45, 2.75) is 59.1 Å². The van der Waals surface area contributed by atoms with E-state index in [1.165, 1.54) is 17.8 Å². The molecule has 4 aromatic rings. The molecule has 1 atom stereocenters. The molecule has 0 aliphatic rings. The van der Waals surface area contributed by atoms with E-state index < -0.39 is 20.4 Å². The number of benzene rings is 4. The van der Waals surface area contributed by atoms with Gasteiger partial charge in [0, 0.05) is 11.3 Å². The predicted molar refractivity (Wildman–Crippen MR) is 180 cm³/mol. The van der Waals surface area contributed by atoms with Crippen molar-refractivity contribution in [3.8, 4) is 22.3 Å². The Kier molecular flexibility index (Phi) is 10.3. The van der Waals surface area contributed by atoms with Gasteiger partial charge in [-0.2, -0.15) is 0 Å². The second-order valence-electron chi connectivity index (χ2n) is 12.0. The van der Waals surface area contributed by atoms with Gasteiger partial charge in [0.2, 0.25) is 0 Å². The van der Waals surface area contributed by atoms with Crippen LogP contribution in [0.4, 0.5) is 4.39 Å². The maximum atomic E-state index is 14.0. The largest absolute Gasteiger partial charge is 0.481 e. The smallest absolute Gasteiger partial charge is 0.305 e. The van der Waals surface area contributed by atoms with Gasteiger partial charge in [0.1, 0.15) is 5.82 Å². The lowest BCUT2D eigenvalue weighted by atomic mass is 9.93. The Hall–Kier alpha value is -3.63. The zero-order valence-corrected chi connectivity index (χ0v) is 27.5. The van der Waals surface area contributed by atoms with Gasteiger partial charge in [0.15, 0.2) is 0 Å². The Bertz CT molecular complexity index is 1600. The molecular weight excluding hydrogens is 572 g/mol. The Morgan fingerprint density at radius 1 is 0.907 bits per heavy atom. The first-order valence-corrected chi connectivity index (χ1v) is 17.3. The monoisotopic (exact) mass is 610 g/mol. The highest BCUT2D eigenvalue weighted by Crippen LogP contribution is 2.38. The summed E-state index contributed by atoms with van der Waals surface area (Å²) >= 11 is 1.38. The quantitative estimate of drug-likeness (QED) is 0.155. The molecule has 43 heavy (non-hydrogen) atoms. The third-order valence-corrected chi connectivity index (χ3v) is 13.5. The third-order valence-electron chi connectivity index (χ3n) is 7.63. The van der Waals surface area contributed by atoms with Crippen LogP contribution in [0.25, 0.3) is 11.1 Å². The second-order valence-corrected chi connectivity index (χ2v) is 17.1. The molecule has 0 saturated heterocycles. The number of hydrogen-bond acceptors (Lipinski definition) is 3. The number of aliphatic carboxylic acids is 1. The molecule has 222 valence electrons. The molecule has 0 radical (unpaired) electrons. The Morgan fingerprint density at radius 2 is 1.51 bits per heavy atom. The van der Waals surface area contributed by atoms with Gasteiger partial charge >= 0.3 is 5.97 Å². The average Bonchev–Trinajstić information content (AvgIpc) is 2.96. The van der Waals surface area contributed by atoms with Gasteiger partial charge in [-0.25, -0.2) is 4.39 Å². The zero-order chi connectivity index (χ0) is 31.2.